The van der Waals surface area contributed by atoms with E-state index in [0.717, 1.165) is 5.56 Å². The van der Waals surface area contributed by atoms with Gasteiger partial charge in [0.1, 0.15) is 11.3 Å². The Morgan fingerprint density at radius 2 is 2.00 bits per heavy atom. The van der Waals surface area contributed by atoms with Gasteiger partial charge in [-0.3, -0.25) is 4.79 Å². The number of carbonyl (C=O) groups excluding carboxylic acids is 1. The first kappa shape index (κ1) is 8.97. The van der Waals surface area contributed by atoms with Crippen molar-refractivity contribution in [2.24, 2.45) is 0 Å². The monoisotopic (exact) mass is 207 g/mol. The standard InChI is InChI=1S/C10H6ClNO2/c11-10-8(6-13)9(12-14-10)7-4-2-1-3-5-7/h1-6H. The number of hydrogen-bond donors (Lipinski definition) is 0. The number of benzene rings is 1. The molecule has 4 heteroatoms. The maximum atomic E-state index is 10.7. The minimum atomic E-state index is 0.0267. The topological polar surface area (TPSA) is 43.1 Å². The van der Waals surface area contributed by atoms with E-state index in [1.54, 1.807) is 0 Å². The number of aromatic nitrogens is 1. The molecule has 70 valence electrons. The van der Waals surface area contributed by atoms with Crippen LogP contribution in [0.4, 0.5) is 0 Å². The van der Waals surface area contributed by atoms with E-state index >= 15 is 0 Å². The van der Waals surface area contributed by atoms with Gasteiger partial charge in [-0.15, -0.1) is 0 Å². The van der Waals surface area contributed by atoms with Gasteiger partial charge >= 0.3 is 0 Å². The lowest BCUT2D eigenvalue weighted by Gasteiger charge is -1.94. The Bertz CT molecular complexity index is 450. The van der Waals surface area contributed by atoms with Gasteiger partial charge in [0.05, 0.1) is 0 Å². The molecule has 0 unspecified atom stereocenters. The van der Waals surface area contributed by atoms with Crippen molar-refractivity contribution in [2.45, 2.75) is 0 Å². The molecule has 0 saturated carbocycles. The summed E-state index contributed by atoms with van der Waals surface area (Å²) in [4.78, 5) is 10.7. The molecular weight excluding hydrogens is 202 g/mol. The molecule has 0 radical (unpaired) electrons. The van der Waals surface area contributed by atoms with Crippen molar-refractivity contribution in [3.8, 4) is 11.3 Å². The van der Waals surface area contributed by atoms with Gasteiger partial charge in [-0.1, -0.05) is 35.5 Å². The van der Waals surface area contributed by atoms with Crippen LogP contribution in [0.25, 0.3) is 11.3 Å². The highest BCUT2D eigenvalue weighted by atomic mass is 35.5. The summed E-state index contributed by atoms with van der Waals surface area (Å²) in [6.07, 6.45) is 0.640. The number of aldehydes is 1. The molecule has 0 spiro atoms. The van der Waals surface area contributed by atoms with E-state index in [4.69, 9.17) is 16.1 Å². The van der Waals surface area contributed by atoms with Crippen molar-refractivity contribution in [2.75, 3.05) is 0 Å². The second-order valence-corrected chi connectivity index (χ2v) is 3.05. The van der Waals surface area contributed by atoms with Crippen molar-refractivity contribution in [3.05, 3.63) is 41.1 Å². The van der Waals surface area contributed by atoms with Crippen molar-refractivity contribution in [3.63, 3.8) is 0 Å². The van der Waals surface area contributed by atoms with Crippen LogP contribution in [0.2, 0.25) is 5.22 Å². The van der Waals surface area contributed by atoms with Crippen LogP contribution in [0.3, 0.4) is 0 Å². The average molecular weight is 208 g/mol. The summed E-state index contributed by atoms with van der Waals surface area (Å²) in [6.45, 7) is 0. The van der Waals surface area contributed by atoms with E-state index in [-0.39, 0.29) is 10.8 Å². The van der Waals surface area contributed by atoms with Crippen LogP contribution in [0.1, 0.15) is 10.4 Å². The minimum Gasteiger partial charge on any atom is -0.343 e. The van der Waals surface area contributed by atoms with E-state index < -0.39 is 0 Å². The Balaban J connectivity index is 2.57. The quantitative estimate of drug-likeness (QED) is 0.712. The van der Waals surface area contributed by atoms with Gasteiger partial charge in [-0.25, -0.2) is 0 Å². The van der Waals surface area contributed by atoms with Gasteiger partial charge in [0, 0.05) is 5.56 Å². The maximum absolute atomic E-state index is 10.7. The summed E-state index contributed by atoms with van der Waals surface area (Å²) in [5.74, 6) is 0. The fourth-order valence-electron chi connectivity index (χ4n) is 1.18. The summed E-state index contributed by atoms with van der Waals surface area (Å²) in [5.41, 5.74) is 1.58. The molecule has 0 aliphatic heterocycles. The zero-order valence-electron chi connectivity index (χ0n) is 7.11. The summed E-state index contributed by atoms with van der Waals surface area (Å²) in [6, 6.07) is 9.26. The smallest absolute Gasteiger partial charge is 0.237 e. The van der Waals surface area contributed by atoms with Gasteiger partial charge in [0.25, 0.3) is 0 Å². The highest BCUT2D eigenvalue weighted by Crippen LogP contribution is 2.26. The van der Waals surface area contributed by atoms with Crippen molar-refractivity contribution >= 4 is 17.9 Å². The van der Waals surface area contributed by atoms with E-state index in [1.807, 2.05) is 30.3 Å². The largest absolute Gasteiger partial charge is 0.343 e. The molecule has 2 rings (SSSR count). The van der Waals surface area contributed by atoms with Crippen LogP contribution in [0.5, 0.6) is 0 Å². The molecule has 0 atom stereocenters. The normalized spacial score (nSPS) is 10.1. The Morgan fingerprint density at radius 3 is 2.64 bits per heavy atom. The van der Waals surface area contributed by atoms with Gasteiger partial charge in [-0.05, 0) is 11.6 Å². The number of hydrogen-bond acceptors (Lipinski definition) is 3. The number of halogens is 1. The summed E-state index contributed by atoms with van der Waals surface area (Å²) in [5, 5.41) is 3.75. The Labute approximate surface area is 85.3 Å². The van der Waals surface area contributed by atoms with Crippen LogP contribution in [-0.4, -0.2) is 11.4 Å². The molecule has 14 heavy (non-hydrogen) atoms. The number of nitrogens with zero attached hydrogens (tertiary/aromatic N) is 1. The van der Waals surface area contributed by atoms with E-state index in [2.05, 4.69) is 5.16 Å². The third-order valence-corrected chi connectivity index (χ3v) is 2.12. The van der Waals surface area contributed by atoms with Crippen molar-refractivity contribution < 1.29 is 9.32 Å². The lowest BCUT2D eigenvalue weighted by Crippen LogP contribution is -1.83. The van der Waals surface area contributed by atoms with Gasteiger partial charge in [-0.2, -0.15) is 0 Å². The van der Waals surface area contributed by atoms with Crippen LogP contribution in [-0.2, 0) is 0 Å². The zero-order chi connectivity index (χ0) is 9.97. The predicted molar refractivity (Wildman–Crippen MR) is 52.3 cm³/mol. The predicted octanol–water partition coefficient (Wildman–Crippen LogP) is 2.81. The van der Waals surface area contributed by atoms with Crippen LogP contribution >= 0.6 is 11.6 Å². The van der Waals surface area contributed by atoms with E-state index in [9.17, 15) is 4.79 Å². The molecule has 0 aliphatic carbocycles. The second kappa shape index (κ2) is 3.64. The second-order valence-electron chi connectivity index (χ2n) is 2.70. The summed E-state index contributed by atoms with van der Waals surface area (Å²) < 4.78 is 4.73. The first-order valence-electron chi connectivity index (χ1n) is 3.98. The van der Waals surface area contributed by atoms with Gasteiger partial charge in [0.15, 0.2) is 6.29 Å². The number of rotatable bonds is 2. The SMILES string of the molecule is O=Cc1c(-c2ccccc2)noc1Cl. The fraction of sp³-hybridized carbons (Fsp3) is 0. The van der Waals surface area contributed by atoms with Gasteiger partial charge in [0.2, 0.25) is 5.22 Å². The molecular formula is C10H6ClNO2. The molecule has 1 heterocycles. The Morgan fingerprint density at radius 1 is 1.29 bits per heavy atom. The highest BCUT2D eigenvalue weighted by Gasteiger charge is 2.14. The highest BCUT2D eigenvalue weighted by molar-refractivity contribution is 6.31. The van der Waals surface area contributed by atoms with Gasteiger partial charge < -0.3 is 4.52 Å². The molecule has 0 N–H and O–H groups in total. The third-order valence-electron chi connectivity index (χ3n) is 1.85. The Kier molecular flexibility index (Phi) is 2.33. The van der Waals surface area contributed by atoms with Crippen LogP contribution in [0, 0.1) is 0 Å². The molecule has 1 aromatic heterocycles. The lowest BCUT2D eigenvalue weighted by molar-refractivity contribution is 0.112. The van der Waals surface area contributed by atoms with Crippen LogP contribution in [0.15, 0.2) is 34.9 Å². The van der Waals surface area contributed by atoms with Crippen LogP contribution < -0.4 is 0 Å². The molecule has 0 aliphatic rings. The third kappa shape index (κ3) is 1.42. The van der Waals surface area contributed by atoms with Crippen molar-refractivity contribution in [1.29, 1.82) is 0 Å². The minimum absolute atomic E-state index is 0.0267. The molecule has 3 nitrogen and oxygen atoms in total. The molecule has 0 fully saturated rings. The van der Waals surface area contributed by atoms with E-state index in [0.29, 0.717) is 12.0 Å². The maximum Gasteiger partial charge on any atom is 0.237 e. The summed E-state index contributed by atoms with van der Waals surface area (Å²) in [7, 11) is 0. The zero-order valence-corrected chi connectivity index (χ0v) is 7.86. The lowest BCUT2D eigenvalue weighted by atomic mass is 10.1. The fourth-order valence-corrected chi connectivity index (χ4v) is 1.35. The van der Waals surface area contributed by atoms with Crippen molar-refractivity contribution in [1.82, 2.24) is 5.16 Å². The molecule has 0 amide bonds. The molecule has 0 saturated heterocycles. The van der Waals surface area contributed by atoms with E-state index in [1.165, 1.54) is 0 Å². The number of carbonyl (C=O) groups is 1. The first-order valence-corrected chi connectivity index (χ1v) is 4.36. The summed E-state index contributed by atoms with van der Waals surface area (Å²) >= 11 is 5.63. The first-order chi connectivity index (χ1) is 6.83. The molecule has 0 bridgehead atoms. The average Bonchev–Trinajstić information content (AvgIpc) is 2.61. The Hall–Kier alpha value is -1.61. The molecule has 2 aromatic rings. The molecule has 1 aromatic carbocycles.